The van der Waals surface area contributed by atoms with E-state index >= 15 is 0 Å². The van der Waals surface area contributed by atoms with E-state index in [4.69, 9.17) is 0 Å². The van der Waals surface area contributed by atoms with Crippen LogP contribution in [-0.2, 0) is 6.42 Å². The van der Waals surface area contributed by atoms with Gasteiger partial charge in [0.2, 0.25) is 0 Å². The molecule has 1 aromatic heterocycles. The van der Waals surface area contributed by atoms with Gasteiger partial charge < -0.3 is 0 Å². The summed E-state index contributed by atoms with van der Waals surface area (Å²) >= 11 is 0. The van der Waals surface area contributed by atoms with Crippen LogP contribution in [0.5, 0.6) is 0 Å². The molecule has 0 saturated carbocycles. The Morgan fingerprint density at radius 2 is 1.94 bits per heavy atom. The average Bonchev–Trinajstić information content (AvgIpc) is 2.66. The molecule has 0 radical (unpaired) electrons. The lowest BCUT2D eigenvalue weighted by atomic mass is 10.2. The van der Waals surface area contributed by atoms with Crippen LogP contribution in [0.25, 0.3) is 5.69 Å². The molecule has 1 aromatic carbocycles. The van der Waals surface area contributed by atoms with Gasteiger partial charge in [-0.15, -0.1) is 0 Å². The lowest BCUT2D eigenvalue weighted by molar-refractivity contribution is -0.384. The molecule has 94 valence electrons. The fourth-order valence-electron chi connectivity index (χ4n) is 1.82. The van der Waals surface area contributed by atoms with Gasteiger partial charge in [-0.2, -0.15) is 0 Å². The number of non-ortho nitro benzene ring substituents is 1. The Bertz CT molecular complexity index is 638. The fourth-order valence-corrected chi connectivity index (χ4v) is 1.82. The van der Waals surface area contributed by atoms with Gasteiger partial charge in [-0.25, -0.2) is 4.68 Å². The Hall–Kier alpha value is -2.37. The molecule has 0 bridgehead atoms. The molecule has 0 saturated heterocycles. The molecule has 0 aliphatic carbocycles. The number of hydrogen-bond donors (Lipinski definition) is 1. The summed E-state index contributed by atoms with van der Waals surface area (Å²) in [6.07, 6.45) is 0.737. The number of aromatic amines is 1. The zero-order chi connectivity index (χ0) is 13.3. The van der Waals surface area contributed by atoms with Crippen molar-refractivity contribution in [1.29, 1.82) is 0 Å². The molecule has 1 heterocycles. The molecule has 0 unspecified atom stereocenters. The Labute approximate surface area is 103 Å². The van der Waals surface area contributed by atoms with E-state index in [1.165, 1.54) is 16.8 Å². The van der Waals surface area contributed by atoms with Crippen LogP contribution in [0, 0.1) is 17.0 Å². The molecule has 0 fully saturated rings. The summed E-state index contributed by atoms with van der Waals surface area (Å²) in [5.74, 6) is 0. The third-order valence-electron chi connectivity index (χ3n) is 2.90. The summed E-state index contributed by atoms with van der Waals surface area (Å²) in [5.41, 5.74) is 2.02. The monoisotopic (exact) mass is 247 g/mol. The highest BCUT2D eigenvalue weighted by atomic mass is 16.6. The molecule has 0 spiro atoms. The molecule has 6 heteroatoms. The van der Waals surface area contributed by atoms with Crippen molar-refractivity contribution in [3.05, 3.63) is 56.0 Å². The van der Waals surface area contributed by atoms with E-state index in [1.807, 2.05) is 6.92 Å². The van der Waals surface area contributed by atoms with Crippen molar-refractivity contribution in [1.82, 2.24) is 9.78 Å². The summed E-state index contributed by atoms with van der Waals surface area (Å²) in [7, 11) is 0. The van der Waals surface area contributed by atoms with Crippen LogP contribution in [0.4, 0.5) is 5.69 Å². The molecular formula is C12H13N3O3. The van der Waals surface area contributed by atoms with Crippen LogP contribution in [0.15, 0.2) is 29.1 Å². The van der Waals surface area contributed by atoms with Crippen molar-refractivity contribution >= 4 is 5.69 Å². The molecule has 0 amide bonds. The van der Waals surface area contributed by atoms with Crippen molar-refractivity contribution in [3.8, 4) is 5.69 Å². The fraction of sp³-hybridized carbons (Fsp3) is 0.250. The van der Waals surface area contributed by atoms with Crippen molar-refractivity contribution in [2.24, 2.45) is 0 Å². The summed E-state index contributed by atoms with van der Waals surface area (Å²) in [5, 5.41) is 13.5. The maximum absolute atomic E-state index is 12.0. The van der Waals surface area contributed by atoms with Crippen LogP contribution < -0.4 is 5.56 Å². The third-order valence-corrected chi connectivity index (χ3v) is 2.90. The van der Waals surface area contributed by atoms with Crippen molar-refractivity contribution in [2.75, 3.05) is 0 Å². The summed E-state index contributed by atoms with van der Waals surface area (Å²) in [6.45, 7) is 3.72. The third kappa shape index (κ3) is 1.92. The number of rotatable bonds is 3. The predicted octanol–water partition coefficient (Wildman–Crippen LogP) is 1.94. The zero-order valence-corrected chi connectivity index (χ0v) is 10.1. The van der Waals surface area contributed by atoms with E-state index in [2.05, 4.69) is 5.10 Å². The number of nitrogens with zero attached hydrogens (tertiary/aromatic N) is 2. The van der Waals surface area contributed by atoms with Crippen molar-refractivity contribution in [2.45, 2.75) is 20.3 Å². The molecule has 2 aromatic rings. The van der Waals surface area contributed by atoms with Gasteiger partial charge in [0.25, 0.3) is 11.2 Å². The number of nitro groups is 1. The average molecular weight is 247 g/mol. The highest BCUT2D eigenvalue weighted by molar-refractivity contribution is 5.41. The van der Waals surface area contributed by atoms with Crippen LogP contribution in [0.2, 0.25) is 0 Å². The SMILES string of the molecule is CCc1[nH]n(-c2ccc([N+](=O)[O-])cc2)c(=O)c1C. The van der Waals surface area contributed by atoms with Crippen LogP contribution >= 0.6 is 0 Å². The zero-order valence-electron chi connectivity index (χ0n) is 10.1. The molecule has 2 rings (SSSR count). The predicted molar refractivity (Wildman–Crippen MR) is 67.2 cm³/mol. The quantitative estimate of drug-likeness (QED) is 0.664. The Morgan fingerprint density at radius 1 is 1.33 bits per heavy atom. The second-order valence-electron chi connectivity index (χ2n) is 3.98. The lowest BCUT2D eigenvalue weighted by Crippen LogP contribution is -2.15. The molecule has 6 nitrogen and oxygen atoms in total. The highest BCUT2D eigenvalue weighted by Gasteiger charge is 2.11. The number of benzene rings is 1. The first-order valence-corrected chi connectivity index (χ1v) is 5.60. The first-order chi connectivity index (χ1) is 8.54. The number of H-pyrrole nitrogens is 1. The van der Waals surface area contributed by atoms with E-state index in [9.17, 15) is 14.9 Å². The number of aryl methyl sites for hydroxylation is 1. The minimum absolute atomic E-state index is 0.00536. The lowest BCUT2D eigenvalue weighted by Gasteiger charge is -2.01. The Kier molecular flexibility index (Phi) is 3.01. The van der Waals surface area contributed by atoms with Crippen LogP contribution in [0.1, 0.15) is 18.2 Å². The largest absolute Gasteiger partial charge is 0.295 e. The number of nitro benzene ring substituents is 1. The molecule has 1 N–H and O–H groups in total. The molecular weight excluding hydrogens is 234 g/mol. The van der Waals surface area contributed by atoms with Gasteiger partial charge in [0.15, 0.2) is 0 Å². The minimum atomic E-state index is -0.468. The maximum Gasteiger partial charge on any atom is 0.274 e. The number of hydrogen-bond acceptors (Lipinski definition) is 3. The van der Waals surface area contributed by atoms with Crippen molar-refractivity contribution < 1.29 is 4.92 Å². The van der Waals surface area contributed by atoms with Crippen LogP contribution in [-0.4, -0.2) is 14.7 Å². The topological polar surface area (TPSA) is 80.9 Å². The van der Waals surface area contributed by atoms with Crippen LogP contribution in [0.3, 0.4) is 0 Å². The summed E-state index contributed by atoms with van der Waals surface area (Å²) < 4.78 is 1.40. The second-order valence-corrected chi connectivity index (χ2v) is 3.98. The number of nitrogens with one attached hydrogen (secondary N) is 1. The van der Waals surface area contributed by atoms with Crippen molar-refractivity contribution in [3.63, 3.8) is 0 Å². The van der Waals surface area contributed by atoms with E-state index < -0.39 is 4.92 Å². The standard InChI is InChI=1S/C12H13N3O3/c1-3-11-8(2)12(16)14(13-11)9-4-6-10(7-5-9)15(17)18/h4-7,13H,3H2,1-2H3. The van der Waals surface area contributed by atoms with E-state index in [1.54, 1.807) is 19.1 Å². The molecule has 18 heavy (non-hydrogen) atoms. The highest BCUT2D eigenvalue weighted by Crippen LogP contribution is 2.14. The summed E-state index contributed by atoms with van der Waals surface area (Å²) in [6, 6.07) is 5.86. The van der Waals surface area contributed by atoms with Gasteiger partial charge in [0.1, 0.15) is 0 Å². The van der Waals surface area contributed by atoms with E-state index in [0.717, 1.165) is 12.1 Å². The van der Waals surface area contributed by atoms with Gasteiger partial charge in [-0.3, -0.25) is 20.0 Å². The van der Waals surface area contributed by atoms with Gasteiger partial charge in [0.05, 0.1) is 10.6 Å². The van der Waals surface area contributed by atoms with E-state index in [-0.39, 0.29) is 11.2 Å². The molecule has 0 atom stereocenters. The smallest absolute Gasteiger partial charge is 0.274 e. The van der Waals surface area contributed by atoms with Gasteiger partial charge in [0, 0.05) is 23.4 Å². The first kappa shape index (κ1) is 12.1. The first-order valence-electron chi connectivity index (χ1n) is 5.60. The summed E-state index contributed by atoms with van der Waals surface area (Å²) in [4.78, 5) is 22.0. The molecule has 0 aliphatic rings. The normalized spacial score (nSPS) is 10.6. The minimum Gasteiger partial charge on any atom is -0.295 e. The molecule has 0 aliphatic heterocycles. The number of aromatic nitrogens is 2. The second kappa shape index (κ2) is 4.48. The Morgan fingerprint density at radius 3 is 2.39 bits per heavy atom. The Balaban J connectivity index is 2.49. The van der Waals surface area contributed by atoms with E-state index in [0.29, 0.717) is 11.3 Å². The van der Waals surface area contributed by atoms with Gasteiger partial charge >= 0.3 is 0 Å². The van der Waals surface area contributed by atoms with Gasteiger partial charge in [-0.1, -0.05) is 6.92 Å². The van der Waals surface area contributed by atoms with Gasteiger partial charge in [-0.05, 0) is 25.5 Å². The maximum atomic E-state index is 12.0.